The minimum Gasteiger partial charge on any atom is -0.481 e. The summed E-state index contributed by atoms with van der Waals surface area (Å²) in [4.78, 5) is 63.0. The van der Waals surface area contributed by atoms with Gasteiger partial charge in [-0.05, 0) is 104 Å². The molecule has 12 heteroatoms. The summed E-state index contributed by atoms with van der Waals surface area (Å²) >= 11 is 0. The van der Waals surface area contributed by atoms with Gasteiger partial charge in [0, 0.05) is 46.2 Å². The number of hydrogen-bond acceptors (Lipinski definition) is 9. The second-order valence-corrected chi connectivity index (χ2v) is 13.6. The van der Waals surface area contributed by atoms with E-state index >= 15 is 0 Å². The van der Waals surface area contributed by atoms with Crippen LogP contribution in [0.5, 0.6) is 0 Å². The zero-order valence-corrected chi connectivity index (χ0v) is 31.7. The zero-order valence-electron chi connectivity index (χ0n) is 31.7. The Hall–Kier alpha value is -6.17. The largest absolute Gasteiger partial charge is 0.481 e. The molecule has 0 amide bonds. The van der Waals surface area contributed by atoms with Crippen molar-refractivity contribution in [3.05, 3.63) is 121 Å². The Morgan fingerprint density at radius 1 is 0.907 bits per heavy atom. The van der Waals surface area contributed by atoms with Crippen molar-refractivity contribution < 1.29 is 38.5 Å². The molecule has 282 valence electrons. The maximum atomic E-state index is 13.7. The minimum atomic E-state index is -1.21. The van der Waals surface area contributed by atoms with Crippen LogP contribution in [0.3, 0.4) is 0 Å². The summed E-state index contributed by atoms with van der Waals surface area (Å²) < 4.78 is 15.3. The van der Waals surface area contributed by atoms with E-state index in [1.54, 1.807) is 18.2 Å². The number of carboxylic acid groups (broad SMARTS) is 1. The number of methoxy groups -OCH3 is 3. The van der Waals surface area contributed by atoms with Gasteiger partial charge in [0.05, 0.1) is 43.7 Å². The summed E-state index contributed by atoms with van der Waals surface area (Å²) in [5.41, 5.74) is 14.3. The molecule has 0 fully saturated rings. The summed E-state index contributed by atoms with van der Waals surface area (Å²) in [6, 6.07) is 0. The molecule has 0 radical (unpaired) electrons. The third kappa shape index (κ3) is 6.99. The van der Waals surface area contributed by atoms with E-state index in [1.807, 2.05) is 52.0 Å². The van der Waals surface area contributed by atoms with Crippen molar-refractivity contribution in [3.63, 3.8) is 0 Å². The second kappa shape index (κ2) is 15.4. The highest BCUT2D eigenvalue weighted by Crippen LogP contribution is 2.52. The van der Waals surface area contributed by atoms with Crippen LogP contribution in [0, 0.1) is 25.2 Å². The van der Waals surface area contributed by atoms with Crippen LogP contribution in [0.4, 0.5) is 0 Å². The predicted octanol–water partition coefficient (Wildman–Crippen LogP) is 4.24. The second-order valence-electron chi connectivity index (χ2n) is 13.6. The summed E-state index contributed by atoms with van der Waals surface area (Å²) in [6.45, 7) is 15.9. The Bertz CT molecular complexity index is 2320. The summed E-state index contributed by atoms with van der Waals surface area (Å²) in [6.07, 6.45) is 12.9. The van der Waals surface area contributed by atoms with Crippen molar-refractivity contribution >= 4 is 47.8 Å². The number of carbonyl (C=O) groups is 4. The van der Waals surface area contributed by atoms with Gasteiger partial charge < -0.3 is 35.0 Å². The first-order chi connectivity index (χ1) is 25.6. The highest BCUT2D eigenvalue weighted by molar-refractivity contribution is 6.20. The van der Waals surface area contributed by atoms with E-state index in [-0.39, 0.29) is 30.8 Å². The topological polar surface area (TPSA) is 186 Å². The highest BCUT2D eigenvalue weighted by Gasteiger charge is 2.54. The molecule has 6 bridgehead atoms. The molecular weight excluding hydrogens is 688 g/mol. The van der Waals surface area contributed by atoms with E-state index in [0.29, 0.717) is 56.6 Å². The van der Waals surface area contributed by atoms with Gasteiger partial charge in [-0.25, -0.2) is 4.79 Å². The van der Waals surface area contributed by atoms with Gasteiger partial charge in [0.25, 0.3) is 0 Å². The monoisotopic (exact) mass is 734 g/mol. The van der Waals surface area contributed by atoms with Crippen LogP contribution >= 0.6 is 0 Å². The minimum absolute atomic E-state index is 0.110. The van der Waals surface area contributed by atoms with Crippen molar-refractivity contribution in [1.82, 2.24) is 9.97 Å². The van der Waals surface area contributed by atoms with Gasteiger partial charge in [0.2, 0.25) is 0 Å². The number of allylic oxidation sites excluding steroid dienone is 7. The average molecular weight is 735 g/mol. The van der Waals surface area contributed by atoms with Crippen LogP contribution in [0.2, 0.25) is 0 Å². The first-order valence-electron chi connectivity index (χ1n) is 17.4. The molecule has 0 spiro atoms. The van der Waals surface area contributed by atoms with E-state index in [2.05, 4.69) is 23.1 Å². The number of H-pyrrole nitrogens is 2. The summed E-state index contributed by atoms with van der Waals surface area (Å²) in [5.74, 6) is -3.77. The zero-order chi connectivity index (χ0) is 39.6. The van der Waals surface area contributed by atoms with Crippen LogP contribution in [-0.2, 0) is 46.2 Å². The molecule has 3 aliphatic rings. The Labute approximate surface area is 313 Å². The van der Waals surface area contributed by atoms with Gasteiger partial charge in [-0.1, -0.05) is 31.4 Å². The van der Waals surface area contributed by atoms with Crippen LogP contribution in [0.25, 0.3) is 18.2 Å². The molecule has 0 aromatic carbocycles. The fourth-order valence-electron chi connectivity index (χ4n) is 7.48. The number of esters is 3. The number of fused-ring (bicyclic) bond motifs is 8. The van der Waals surface area contributed by atoms with E-state index in [0.717, 1.165) is 33.5 Å². The fourth-order valence-corrected chi connectivity index (χ4v) is 7.48. The molecule has 5 rings (SSSR count). The lowest BCUT2D eigenvalue weighted by Gasteiger charge is -2.37. The third-order valence-electron chi connectivity index (χ3n) is 10.7. The number of aliphatic carboxylic acids is 1. The SMILES string of the molecule is C=CC1=C(C)C(=C)/C=C2\N=C(C=c3[nH]/c(c(CCC(=O)O)c3C)=C\c3[nH]c(c(C)c3CCC(=O)OC)C=C1N)[C@]1(C)C2=CC=C(C(=O)OC)C1C(=O)OC. The molecule has 4 heterocycles. The summed E-state index contributed by atoms with van der Waals surface area (Å²) in [5, 5.41) is 11.0. The summed E-state index contributed by atoms with van der Waals surface area (Å²) in [7, 11) is 3.86. The molecule has 0 saturated heterocycles. The maximum Gasteiger partial charge on any atom is 0.334 e. The van der Waals surface area contributed by atoms with Crippen LogP contribution < -0.4 is 16.4 Å². The number of aromatic nitrogens is 2. The lowest BCUT2D eigenvalue weighted by Crippen LogP contribution is -2.44. The fraction of sp³-hybridized carbons (Fsp3) is 0.310. The number of aliphatic imine (C=N–C) groups is 1. The van der Waals surface area contributed by atoms with E-state index in [9.17, 15) is 24.3 Å². The first-order valence-corrected chi connectivity index (χ1v) is 17.4. The average Bonchev–Trinajstić information content (AvgIpc) is 3.70. The normalized spacial score (nSPS) is 21.0. The predicted molar refractivity (Wildman–Crippen MR) is 206 cm³/mol. The Morgan fingerprint density at radius 2 is 1.61 bits per heavy atom. The molecule has 2 atom stereocenters. The molecule has 1 aliphatic carbocycles. The number of nitrogens with two attached hydrogens (primary N) is 1. The van der Waals surface area contributed by atoms with Crippen LogP contribution in [0.1, 0.15) is 60.3 Å². The van der Waals surface area contributed by atoms with Crippen molar-refractivity contribution in [2.45, 2.75) is 53.4 Å². The van der Waals surface area contributed by atoms with Crippen molar-refractivity contribution in [2.24, 2.45) is 22.1 Å². The van der Waals surface area contributed by atoms with E-state index < -0.39 is 29.2 Å². The van der Waals surface area contributed by atoms with E-state index in [1.165, 1.54) is 21.3 Å². The molecule has 5 N–H and O–H groups in total. The maximum absolute atomic E-state index is 13.7. The Balaban J connectivity index is 1.92. The molecule has 2 aromatic heterocycles. The standard InChI is InChI=1S/C42H46N4O8/c1-10-25-22(3)21(2)17-35-29-14-11-28(40(50)53-8)39(41(51)54-9)42(29,6)36(46-35)20-32-24(5)26(12-15-37(47)48)33(45-32)19-34-27(13-16-38(49)52-7)23(4)31(44-34)18-30(25)43/h10-11,14,17-20,39,44-45H,1-2,12-13,15-16,43H2,3-9H3,(H,47,48)/b25-22?,30-18?,32-20?,33-19-,35-17-/t39?,42-/m0/s1. The molecule has 12 nitrogen and oxygen atoms in total. The number of nitrogens with one attached hydrogen (secondary N) is 2. The smallest absolute Gasteiger partial charge is 0.334 e. The van der Waals surface area contributed by atoms with Crippen molar-refractivity contribution in [1.29, 1.82) is 0 Å². The van der Waals surface area contributed by atoms with Gasteiger partial charge in [0.15, 0.2) is 0 Å². The molecule has 2 aliphatic heterocycles. The van der Waals surface area contributed by atoms with Crippen LogP contribution in [-0.4, -0.2) is 66.0 Å². The lowest BCUT2D eigenvalue weighted by molar-refractivity contribution is -0.149. The van der Waals surface area contributed by atoms with Gasteiger partial charge in [-0.15, -0.1) is 0 Å². The number of aromatic amines is 2. The number of nitrogens with zero attached hydrogens (tertiary/aromatic N) is 1. The molecule has 0 saturated carbocycles. The molecule has 54 heavy (non-hydrogen) atoms. The first kappa shape index (κ1) is 39.0. The van der Waals surface area contributed by atoms with Crippen LogP contribution in [0.15, 0.2) is 81.7 Å². The third-order valence-corrected chi connectivity index (χ3v) is 10.7. The Morgan fingerprint density at radius 3 is 2.24 bits per heavy atom. The number of hydrogen-bond donors (Lipinski definition) is 4. The van der Waals surface area contributed by atoms with Crippen molar-refractivity contribution in [2.75, 3.05) is 21.3 Å². The molecular formula is C42H46N4O8. The van der Waals surface area contributed by atoms with Gasteiger partial charge >= 0.3 is 23.9 Å². The number of carbonyl (C=O) groups excluding carboxylic acids is 3. The quantitative estimate of drug-likeness (QED) is 0.216. The van der Waals surface area contributed by atoms with Gasteiger partial charge in [-0.3, -0.25) is 19.4 Å². The van der Waals surface area contributed by atoms with E-state index in [4.69, 9.17) is 24.9 Å². The molecule has 1 unspecified atom stereocenters. The Kier molecular flexibility index (Phi) is 11.2. The van der Waals surface area contributed by atoms with Gasteiger partial charge in [-0.2, -0.15) is 0 Å². The highest BCUT2D eigenvalue weighted by atomic mass is 16.5. The lowest BCUT2D eigenvalue weighted by atomic mass is 9.63. The number of rotatable bonds is 9. The molecule has 2 aromatic rings. The number of carboxylic acids is 1. The van der Waals surface area contributed by atoms with Gasteiger partial charge in [0.1, 0.15) is 5.92 Å². The number of ether oxygens (including phenoxy) is 3. The van der Waals surface area contributed by atoms with Crippen molar-refractivity contribution in [3.8, 4) is 0 Å².